The quantitative estimate of drug-likeness (QED) is 0.308. The number of hydrogen-bond acceptors (Lipinski definition) is 6. The van der Waals surface area contributed by atoms with Gasteiger partial charge in [-0.2, -0.15) is 0 Å². The van der Waals surface area contributed by atoms with Crippen LogP contribution in [0.15, 0.2) is 71.6 Å². The summed E-state index contributed by atoms with van der Waals surface area (Å²) in [5, 5.41) is 3.55. The van der Waals surface area contributed by atoms with Crippen molar-refractivity contribution >= 4 is 50.7 Å². The minimum absolute atomic E-state index is 0.00582. The fourth-order valence-electron chi connectivity index (χ4n) is 4.32. The smallest absolute Gasteiger partial charge is 0.264 e. The van der Waals surface area contributed by atoms with Gasteiger partial charge in [0.25, 0.3) is 10.0 Å². The van der Waals surface area contributed by atoms with Gasteiger partial charge in [-0.25, -0.2) is 8.42 Å². The van der Waals surface area contributed by atoms with E-state index in [1.165, 1.54) is 23.1 Å². The van der Waals surface area contributed by atoms with E-state index < -0.39 is 28.5 Å². The van der Waals surface area contributed by atoms with Gasteiger partial charge in [-0.05, 0) is 62.2 Å². The highest BCUT2D eigenvalue weighted by Gasteiger charge is 2.33. The lowest BCUT2D eigenvalue weighted by Crippen LogP contribution is -2.52. The summed E-state index contributed by atoms with van der Waals surface area (Å²) in [6.45, 7) is 5.50. The summed E-state index contributed by atoms with van der Waals surface area (Å²) in [6.07, 6.45) is 0.701. The summed E-state index contributed by atoms with van der Waals surface area (Å²) in [5.41, 5.74) is 0.834. The lowest BCUT2D eigenvalue weighted by Gasteiger charge is -2.32. The van der Waals surface area contributed by atoms with Crippen LogP contribution in [0.4, 0.5) is 5.69 Å². The molecule has 42 heavy (non-hydrogen) atoms. The van der Waals surface area contributed by atoms with Crippen molar-refractivity contribution in [1.29, 1.82) is 0 Å². The summed E-state index contributed by atoms with van der Waals surface area (Å²) in [7, 11) is -4.21. The second-order valence-electron chi connectivity index (χ2n) is 9.92. The van der Waals surface area contributed by atoms with E-state index in [4.69, 9.17) is 32.7 Å². The first-order valence-corrected chi connectivity index (χ1v) is 15.7. The second kappa shape index (κ2) is 13.7. The van der Waals surface area contributed by atoms with Gasteiger partial charge in [0.2, 0.25) is 11.8 Å². The molecule has 0 radical (unpaired) electrons. The Bertz CT molecular complexity index is 1540. The minimum atomic E-state index is -4.21. The number of benzene rings is 3. The molecule has 1 heterocycles. The van der Waals surface area contributed by atoms with Crippen molar-refractivity contribution in [2.45, 2.75) is 50.7 Å². The number of rotatable bonds is 11. The molecule has 1 N–H and O–H groups in total. The van der Waals surface area contributed by atoms with E-state index in [0.29, 0.717) is 46.7 Å². The fourth-order valence-corrected chi connectivity index (χ4v) is 6.07. The molecule has 224 valence electrons. The topological polar surface area (TPSA) is 105 Å². The highest BCUT2D eigenvalue weighted by atomic mass is 35.5. The molecule has 1 aliphatic rings. The highest BCUT2D eigenvalue weighted by Crippen LogP contribution is 2.36. The molecule has 2 amide bonds. The molecule has 3 aromatic carbocycles. The molecule has 2 atom stereocenters. The van der Waals surface area contributed by atoms with Gasteiger partial charge >= 0.3 is 0 Å². The molecule has 0 aromatic heterocycles. The molecule has 12 heteroatoms. The molecule has 1 aliphatic heterocycles. The van der Waals surface area contributed by atoms with E-state index in [1.54, 1.807) is 55.5 Å². The number of fused-ring (bicyclic) bond motifs is 1. The van der Waals surface area contributed by atoms with Gasteiger partial charge in [-0.1, -0.05) is 54.4 Å². The van der Waals surface area contributed by atoms with Crippen LogP contribution < -0.4 is 19.1 Å². The molecule has 9 nitrogen and oxygen atoms in total. The largest absolute Gasteiger partial charge is 0.486 e. The van der Waals surface area contributed by atoms with E-state index in [9.17, 15) is 18.0 Å². The van der Waals surface area contributed by atoms with Crippen LogP contribution in [0, 0.1) is 0 Å². The van der Waals surface area contributed by atoms with Gasteiger partial charge in [0.15, 0.2) is 11.5 Å². The van der Waals surface area contributed by atoms with Gasteiger partial charge in [0.05, 0.1) is 20.6 Å². The Hall–Kier alpha value is -3.47. The number of hydrogen-bond donors (Lipinski definition) is 1. The summed E-state index contributed by atoms with van der Waals surface area (Å²) in [5.74, 6) is -0.116. The maximum atomic E-state index is 14.1. The number of halogens is 2. The normalized spacial score (nSPS) is 14.0. The van der Waals surface area contributed by atoms with Crippen molar-refractivity contribution in [2.75, 3.05) is 24.1 Å². The summed E-state index contributed by atoms with van der Waals surface area (Å²) >= 11 is 12.3. The van der Waals surface area contributed by atoms with Gasteiger partial charge in [0.1, 0.15) is 25.8 Å². The van der Waals surface area contributed by atoms with Gasteiger partial charge in [-0.15, -0.1) is 0 Å². The van der Waals surface area contributed by atoms with E-state index in [-0.39, 0.29) is 29.1 Å². The third-order valence-electron chi connectivity index (χ3n) is 6.93. The van der Waals surface area contributed by atoms with Crippen LogP contribution in [0.5, 0.6) is 11.5 Å². The molecule has 0 unspecified atom stereocenters. The molecule has 3 aromatic rings. The molecule has 0 saturated carbocycles. The van der Waals surface area contributed by atoms with E-state index >= 15 is 0 Å². The maximum absolute atomic E-state index is 14.1. The number of carbonyl (C=O) groups excluding carboxylic acids is 2. The zero-order valence-electron chi connectivity index (χ0n) is 23.5. The van der Waals surface area contributed by atoms with E-state index in [0.717, 1.165) is 4.31 Å². The zero-order valence-corrected chi connectivity index (χ0v) is 25.9. The van der Waals surface area contributed by atoms with Crippen molar-refractivity contribution in [2.24, 2.45) is 0 Å². The second-order valence-corrected chi connectivity index (χ2v) is 12.6. The van der Waals surface area contributed by atoms with Crippen LogP contribution in [0.25, 0.3) is 0 Å². The first-order chi connectivity index (χ1) is 20.0. The Labute approximate surface area is 256 Å². The fraction of sp³-hybridized carbons (Fsp3) is 0.333. The van der Waals surface area contributed by atoms with Crippen LogP contribution in [0.1, 0.15) is 32.8 Å². The van der Waals surface area contributed by atoms with Crippen molar-refractivity contribution < 1.29 is 27.5 Å². The average molecular weight is 635 g/mol. The highest BCUT2D eigenvalue weighted by molar-refractivity contribution is 7.92. The minimum Gasteiger partial charge on any atom is -0.486 e. The van der Waals surface area contributed by atoms with Crippen LogP contribution in [0.3, 0.4) is 0 Å². The number of ether oxygens (including phenoxy) is 2. The molecule has 0 spiro atoms. The lowest BCUT2D eigenvalue weighted by molar-refractivity contribution is -0.139. The van der Waals surface area contributed by atoms with Gasteiger partial charge < -0.3 is 19.7 Å². The van der Waals surface area contributed by atoms with Gasteiger partial charge in [-0.3, -0.25) is 13.9 Å². The van der Waals surface area contributed by atoms with Crippen molar-refractivity contribution in [3.63, 3.8) is 0 Å². The Kier molecular flexibility index (Phi) is 10.2. The van der Waals surface area contributed by atoms with Crippen LogP contribution >= 0.6 is 23.2 Å². The number of sulfonamides is 1. The number of anilines is 1. The van der Waals surface area contributed by atoms with Crippen molar-refractivity contribution in [3.05, 3.63) is 82.3 Å². The van der Waals surface area contributed by atoms with Crippen LogP contribution in [-0.4, -0.2) is 57.0 Å². The third kappa shape index (κ3) is 7.29. The van der Waals surface area contributed by atoms with E-state index in [1.807, 2.05) is 13.8 Å². The first-order valence-electron chi connectivity index (χ1n) is 13.5. The summed E-state index contributed by atoms with van der Waals surface area (Å²) in [6, 6.07) is 16.4. The molecular formula is C30H33Cl2N3O6S. The predicted octanol–water partition coefficient (Wildman–Crippen LogP) is 5.29. The molecule has 0 saturated heterocycles. The SMILES string of the molecule is CC[C@H](C)NC(=O)[C@H](C)N(Cc1ccc(Cl)c(Cl)c1)C(=O)CN(c1ccc2c(c1)OCCO2)S(=O)(=O)c1ccccc1. The number of nitrogens with zero attached hydrogens (tertiary/aromatic N) is 2. The maximum Gasteiger partial charge on any atom is 0.264 e. The average Bonchev–Trinajstić information content (AvgIpc) is 2.99. The Balaban J connectivity index is 1.73. The molecular weight excluding hydrogens is 601 g/mol. The number of carbonyl (C=O) groups is 2. The summed E-state index contributed by atoms with van der Waals surface area (Å²) in [4.78, 5) is 28.6. The van der Waals surface area contributed by atoms with Crippen molar-refractivity contribution in [1.82, 2.24) is 10.2 Å². The Morgan fingerprint density at radius 1 is 0.929 bits per heavy atom. The van der Waals surface area contributed by atoms with Gasteiger partial charge in [0, 0.05) is 18.7 Å². The first kappa shape index (κ1) is 31.5. The Morgan fingerprint density at radius 2 is 1.62 bits per heavy atom. The molecule has 0 fully saturated rings. The zero-order chi connectivity index (χ0) is 30.4. The van der Waals surface area contributed by atoms with Crippen molar-refractivity contribution in [3.8, 4) is 11.5 Å². The number of nitrogens with one attached hydrogen (secondary N) is 1. The summed E-state index contributed by atoms with van der Waals surface area (Å²) < 4.78 is 40.2. The standard InChI is InChI=1S/C30H33Cl2N3O6S/c1-4-20(2)33-30(37)21(3)34(18-22-10-12-25(31)26(32)16-22)29(36)19-35(42(38,39)24-8-6-5-7-9-24)23-11-13-27-28(17-23)41-15-14-40-27/h5-13,16-17,20-21H,4,14-15,18-19H2,1-3H3,(H,33,37)/t20-,21-/m0/s1. The van der Waals surface area contributed by atoms with Crippen LogP contribution in [-0.2, 0) is 26.2 Å². The molecule has 0 aliphatic carbocycles. The Morgan fingerprint density at radius 3 is 2.29 bits per heavy atom. The number of amides is 2. The molecule has 0 bridgehead atoms. The lowest BCUT2D eigenvalue weighted by atomic mass is 10.1. The van der Waals surface area contributed by atoms with Crippen LogP contribution in [0.2, 0.25) is 10.0 Å². The van der Waals surface area contributed by atoms with E-state index in [2.05, 4.69) is 5.32 Å². The monoisotopic (exact) mass is 633 g/mol. The molecule has 4 rings (SSSR count). The predicted molar refractivity (Wildman–Crippen MR) is 163 cm³/mol. The third-order valence-corrected chi connectivity index (χ3v) is 9.46.